The minimum atomic E-state index is -0.602. The Morgan fingerprint density at radius 1 is 1.00 bits per heavy atom. The van der Waals surface area contributed by atoms with Gasteiger partial charge in [-0.1, -0.05) is 34.8 Å². The summed E-state index contributed by atoms with van der Waals surface area (Å²) in [5.74, 6) is 0. The molecule has 0 aliphatic rings. The van der Waals surface area contributed by atoms with Crippen LogP contribution in [0, 0.1) is 10.1 Å². The van der Waals surface area contributed by atoms with Crippen LogP contribution in [-0.2, 0) is 0 Å². The van der Waals surface area contributed by atoms with Crippen LogP contribution in [0.2, 0.25) is 15.1 Å². The van der Waals surface area contributed by atoms with E-state index in [1.165, 1.54) is 6.07 Å². The Morgan fingerprint density at radius 2 is 1.62 bits per heavy atom. The van der Waals surface area contributed by atoms with Crippen LogP contribution in [0.4, 0.5) is 22.7 Å². The third kappa shape index (κ3) is 3.60. The first kappa shape index (κ1) is 15.5. The Bertz CT molecular complexity index is 726. The second-order valence-electron chi connectivity index (χ2n) is 3.93. The van der Waals surface area contributed by atoms with Crippen molar-refractivity contribution in [1.29, 1.82) is 0 Å². The van der Waals surface area contributed by atoms with Gasteiger partial charge in [0, 0.05) is 17.8 Å². The third-order valence-electron chi connectivity index (χ3n) is 2.44. The normalized spacial score (nSPS) is 11.0. The van der Waals surface area contributed by atoms with E-state index in [4.69, 9.17) is 40.5 Å². The van der Waals surface area contributed by atoms with Crippen molar-refractivity contribution >= 4 is 57.6 Å². The first-order valence-electron chi connectivity index (χ1n) is 5.48. The topological polar surface area (TPSA) is 93.9 Å². The summed E-state index contributed by atoms with van der Waals surface area (Å²) in [5, 5.41) is 18.8. The van der Waals surface area contributed by atoms with E-state index in [0.29, 0.717) is 16.4 Å². The first-order valence-corrected chi connectivity index (χ1v) is 6.62. The van der Waals surface area contributed by atoms with E-state index in [-0.39, 0.29) is 21.4 Å². The summed E-state index contributed by atoms with van der Waals surface area (Å²) in [6, 6.07) is 7.00. The number of nitrogens with two attached hydrogens (primary N) is 1. The molecular weight excluding hydrogens is 339 g/mol. The predicted molar refractivity (Wildman–Crippen MR) is 83.2 cm³/mol. The summed E-state index contributed by atoms with van der Waals surface area (Å²) in [4.78, 5) is 10.1. The zero-order valence-electron chi connectivity index (χ0n) is 10.3. The van der Waals surface area contributed by atoms with Crippen molar-refractivity contribution in [3.63, 3.8) is 0 Å². The molecule has 2 N–H and O–H groups in total. The highest BCUT2D eigenvalue weighted by Gasteiger charge is 2.14. The molecule has 0 aliphatic carbocycles. The Labute approximate surface area is 134 Å². The molecule has 0 unspecified atom stereocenters. The van der Waals surface area contributed by atoms with Gasteiger partial charge < -0.3 is 5.73 Å². The van der Waals surface area contributed by atoms with Gasteiger partial charge in [-0.15, -0.1) is 10.2 Å². The van der Waals surface area contributed by atoms with E-state index in [9.17, 15) is 10.1 Å². The number of hydrogen-bond donors (Lipinski definition) is 1. The van der Waals surface area contributed by atoms with Gasteiger partial charge in [0.2, 0.25) is 0 Å². The highest BCUT2D eigenvalue weighted by Crippen LogP contribution is 2.38. The summed E-state index contributed by atoms with van der Waals surface area (Å²) >= 11 is 17.8. The molecule has 0 spiro atoms. The summed E-state index contributed by atoms with van der Waals surface area (Å²) in [6.45, 7) is 0. The lowest BCUT2D eigenvalue weighted by atomic mass is 10.3. The van der Waals surface area contributed by atoms with Crippen molar-refractivity contribution in [3.05, 3.63) is 55.5 Å². The van der Waals surface area contributed by atoms with Gasteiger partial charge in [0.1, 0.15) is 11.4 Å². The van der Waals surface area contributed by atoms with E-state index in [2.05, 4.69) is 10.2 Å². The van der Waals surface area contributed by atoms with Gasteiger partial charge in [0.25, 0.3) is 5.69 Å². The molecule has 2 aromatic carbocycles. The van der Waals surface area contributed by atoms with E-state index in [1.54, 1.807) is 12.1 Å². The lowest BCUT2D eigenvalue weighted by molar-refractivity contribution is -0.384. The number of nitro groups is 1. The number of nitro benzene ring substituents is 1. The minimum Gasteiger partial charge on any atom is -0.399 e. The number of non-ortho nitro benzene ring substituents is 1. The second-order valence-corrected chi connectivity index (χ2v) is 5.15. The molecule has 0 aliphatic heterocycles. The molecule has 6 nitrogen and oxygen atoms in total. The molecule has 21 heavy (non-hydrogen) atoms. The average Bonchev–Trinajstić information content (AvgIpc) is 2.39. The van der Waals surface area contributed by atoms with Gasteiger partial charge >= 0.3 is 0 Å². The Morgan fingerprint density at radius 3 is 2.14 bits per heavy atom. The SMILES string of the molecule is Nc1ccc(N=Nc2c(Cl)cc([N+](=O)[O-])cc2Cl)c(Cl)c1. The molecule has 0 heterocycles. The zero-order chi connectivity index (χ0) is 15.6. The van der Waals surface area contributed by atoms with Crippen LogP contribution in [0.1, 0.15) is 0 Å². The van der Waals surface area contributed by atoms with Crippen LogP contribution < -0.4 is 5.73 Å². The highest BCUT2D eigenvalue weighted by molar-refractivity contribution is 6.39. The molecule has 0 saturated heterocycles. The van der Waals surface area contributed by atoms with Crippen LogP contribution in [0.5, 0.6) is 0 Å². The average molecular weight is 346 g/mol. The molecular formula is C12H7Cl3N4O2. The van der Waals surface area contributed by atoms with Crippen LogP contribution in [0.15, 0.2) is 40.6 Å². The van der Waals surface area contributed by atoms with Gasteiger partial charge in [0.15, 0.2) is 0 Å². The molecule has 0 radical (unpaired) electrons. The lowest BCUT2D eigenvalue weighted by Crippen LogP contribution is -1.87. The highest BCUT2D eigenvalue weighted by atomic mass is 35.5. The van der Waals surface area contributed by atoms with Gasteiger partial charge in [0.05, 0.1) is 20.0 Å². The Hall–Kier alpha value is -1.89. The van der Waals surface area contributed by atoms with Crippen molar-refractivity contribution in [3.8, 4) is 0 Å². The maximum absolute atomic E-state index is 10.7. The molecule has 0 bridgehead atoms. The van der Waals surface area contributed by atoms with Gasteiger partial charge in [-0.05, 0) is 18.2 Å². The predicted octanol–water partition coefficient (Wildman–Crippen LogP) is 5.55. The van der Waals surface area contributed by atoms with Gasteiger partial charge in [-0.2, -0.15) is 0 Å². The number of rotatable bonds is 3. The van der Waals surface area contributed by atoms with Crippen molar-refractivity contribution in [2.75, 3.05) is 5.73 Å². The lowest BCUT2D eigenvalue weighted by Gasteiger charge is -2.02. The molecule has 0 saturated carbocycles. The van der Waals surface area contributed by atoms with Crippen LogP contribution in [0.25, 0.3) is 0 Å². The van der Waals surface area contributed by atoms with E-state index >= 15 is 0 Å². The number of halogens is 3. The molecule has 0 aromatic heterocycles. The molecule has 2 rings (SSSR count). The standard InChI is InChI=1S/C12H7Cl3N4O2/c13-8-3-6(16)1-2-11(8)17-18-12-9(14)4-7(19(20)21)5-10(12)15/h1-5H,16H2. The van der Waals surface area contributed by atoms with E-state index in [1.807, 2.05) is 0 Å². The smallest absolute Gasteiger partial charge is 0.272 e. The maximum Gasteiger partial charge on any atom is 0.272 e. The number of anilines is 1. The maximum atomic E-state index is 10.7. The first-order chi connectivity index (χ1) is 9.88. The molecule has 9 heteroatoms. The van der Waals surface area contributed by atoms with Crippen molar-refractivity contribution < 1.29 is 4.92 Å². The molecule has 0 fully saturated rings. The molecule has 0 amide bonds. The second kappa shape index (κ2) is 6.26. The summed E-state index contributed by atoms with van der Waals surface area (Å²) < 4.78 is 0. The van der Waals surface area contributed by atoms with E-state index in [0.717, 1.165) is 12.1 Å². The van der Waals surface area contributed by atoms with Gasteiger partial charge in [-0.3, -0.25) is 10.1 Å². The van der Waals surface area contributed by atoms with Gasteiger partial charge in [-0.25, -0.2) is 0 Å². The number of nitrogen functional groups attached to an aromatic ring is 1. The number of benzene rings is 2. The van der Waals surface area contributed by atoms with Crippen LogP contribution in [-0.4, -0.2) is 4.92 Å². The summed E-state index contributed by atoms with van der Waals surface area (Å²) in [7, 11) is 0. The quantitative estimate of drug-likeness (QED) is 0.342. The zero-order valence-corrected chi connectivity index (χ0v) is 12.5. The monoisotopic (exact) mass is 344 g/mol. The fourth-order valence-corrected chi connectivity index (χ4v) is 2.24. The number of hydrogen-bond acceptors (Lipinski definition) is 5. The third-order valence-corrected chi connectivity index (χ3v) is 3.32. The minimum absolute atomic E-state index is 0.0181. The Kier molecular flexibility index (Phi) is 4.62. The number of azo groups is 1. The van der Waals surface area contributed by atoms with Crippen LogP contribution >= 0.6 is 34.8 Å². The number of nitrogens with zero attached hydrogens (tertiary/aromatic N) is 3. The summed E-state index contributed by atoms with van der Waals surface area (Å²) in [5.41, 5.74) is 6.32. The van der Waals surface area contributed by atoms with Crippen molar-refractivity contribution in [2.24, 2.45) is 10.2 Å². The fraction of sp³-hybridized carbons (Fsp3) is 0. The Balaban J connectivity index is 2.39. The largest absolute Gasteiger partial charge is 0.399 e. The van der Waals surface area contributed by atoms with Crippen molar-refractivity contribution in [1.82, 2.24) is 0 Å². The summed E-state index contributed by atoms with van der Waals surface area (Å²) in [6.07, 6.45) is 0. The van der Waals surface area contributed by atoms with Crippen LogP contribution in [0.3, 0.4) is 0 Å². The van der Waals surface area contributed by atoms with Crippen molar-refractivity contribution in [2.45, 2.75) is 0 Å². The molecule has 0 atom stereocenters. The molecule has 108 valence electrons. The molecule has 2 aromatic rings. The fourth-order valence-electron chi connectivity index (χ4n) is 1.46. The van der Waals surface area contributed by atoms with E-state index < -0.39 is 4.92 Å².